The van der Waals surface area contributed by atoms with Gasteiger partial charge in [-0.25, -0.2) is 0 Å². The maximum Gasteiger partial charge on any atom is 0.241 e. The van der Waals surface area contributed by atoms with Crippen molar-refractivity contribution < 1.29 is 19.0 Å². The van der Waals surface area contributed by atoms with E-state index in [0.29, 0.717) is 22.2 Å². The predicted octanol–water partition coefficient (Wildman–Crippen LogP) is 4.17. The van der Waals surface area contributed by atoms with Crippen LogP contribution >= 0.6 is 24.0 Å². The van der Waals surface area contributed by atoms with E-state index in [0.717, 1.165) is 30.2 Å². The third kappa shape index (κ3) is 4.04. The van der Waals surface area contributed by atoms with Gasteiger partial charge in [-0.3, -0.25) is 9.69 Å². The minimum absolute atomic E-state index is 0.125. The molecule has 7 heteroatoms. The molecule has 0 spiro atoms. The number of benzene rings is 1. The fraction of sp³-hybridized carbons (Fsp3) is 0.600. The van der Waals surface area contributed by atoms with E-state index in [9.17, 15) is 4.79 Å². The van der Waals surface area contributed by atoms with Gasteiger partial charge < -0.3 is 14.2 Å². The molecule has 5 nitrogen and oxygen atoms in total. The number of rotatable bonds is 6. The summed E-state index contributed by atoms with van der Waals surface area (Å²) in [6, 6.07) is 3.75. The van der Waals surface area contributed by atoms with Gasteiger partial charge in [0.1, 0.15) is 10.1 Å². The molecule has 1 aromatic rings. The largest absolute Gasteiger partial charge is 0.496 e. The van der Waals surface area contributed by atoms with E-state index in [-0.39, 0.29) is 18.0 Å². The molecular weight excluding hydrogens is 382 g/mol. The van der Waals surface area contributed by atoms with Gasteiger partial charge in [-0.1, -0.05) is 56.1 Å². The summed E-state index contributed by atoms with van der Waals surface area (Å²) in [5.41, 5.74) is 0.949. The Bertz CT molecular complexity index is 733. The molecule has 2 heterocycles. The van der Waals surface area contributed by atoms with Crippen molar-refractivity contribution in [2.45, 2.75) is 50.2 Å². The Hall–Kier alpha value is -1.47. The Labute approximate surface area is 169 Å². The van der Waals surface area contributed by atoms with Crippen molar-refractivity contribution in [3.63, 3.8) is 0 Å². The number of methoxy groups -OCH3 is 1. The summed E-state index contributed by atoms with van der Waals surface area (Å²) in [6.45, 7) is 0.974. The first kappa shape index (κ1) is 18.9. The van der Waals surface area contributed by atoms with Crippen molar-refractivity contribution in [1.29, 1.82) is 0 Å². The van der Waals surface area contributed by atoms with Crippen LogP contribution in [0.1, 0.15) is 44.1 Å². The van der Waals surface area contributed by atoms with Gasteiger partial charge in [0.2, 0.25) is 12.7 Å². The number of thioether (sulfide) groups is 1. The van der Waals surface area contributed by atoms with Gasteiger partial charge in [0, 0.05) is 12.6 Å². The first-order valence-corrected chi connectivity index (χ1v) is 10.9. The maximum atomic E-state index is 12.9. The van der Waals surface area contributed by atoms with Crippen LogP contribution in [-0.2, 0) is 11.2 Å². The van der Waals surface area contributed by atoms with E-state index in [1.54, 1.807) is 7.11 Å². The molecule has 0 N–H and O–H groups in total. The molecule has 1 amide bonds. The molecule has 4 rings (SSSR count). The standard InChI is InChI=1S/C20H25NO4S2/c1-23-15-11-17-16(24-12-25-17)9-14(15)10-18-19(22)21(20(26)27-18)8-7-13-5-3-2-4-6-13/h9,11,13,18H,2-8,10,12H2,1H3/t18-/m0/s1. The number of hydrogen-bond donors (Lipinski definition) is 0. The van der Waals surface area contributed by atoms with Crippen molar-refractivity contribution in [2.75, 3.05) is 20.4 Å². The molecule has 0 unspecified atom stereocenters. The zero-order valence-electron chi connectivity index (χ0n) is 15.6. The van der Waals surface area contributed by atoms with Crippen molar-refractivity contribution in [1.82, 2.24) is 4.90 Å². The van der Waals surface area contributed by atoms with Crippen LogP contribution < -0.4 is 14.2 Å². The molecule has 1 atom stereocenters. The Kier molecular flexibility index (Phi) is 5.78. The zero-order chi connectivity index (χ0) is 18.8. The number of amides is 1. The zero-order valence-corrected chi connectivity index (χ0v) is 17.2. The molecule has 1 saturated heterocycles. The number of carbonyl (C=O) groups is 1. The third-order valence-corrected chi connectivity index (χ3v) is 7.26. The van der Waals surface area contributed by atoms with Gasteiger partial charge in [0.25, 0.3) is 0 Å². The van der Waals surface area contributed by atoms with E-state index >= 15 is 0 Å². The average Bonchev–Trinajstić information content (AvgIpc) is 3.24. The van der Waals surface area contributed by atoms with Crippen molar-refractivity contribution in [2.24, 2.45) is 5.92 Å². The van der Waals surface area contributed by atoms with Gasteiger partial charge >= 0.3 is 0 Å². The Morgan fingerprint density at radius 1 is 1.22 bits per heavy atom. The second-order valence-electron chi connectivity index (χ2n) is 7.38. The number of carbonyl (C=O) groups excluding carboxylic acids is 1. The first-order valence-electron chi connectivity index (χ1n) is 9.64. The monoisotopic (exact) mass is 407 g/mol. The van der Waals surface area contributed by atoms with Crippen molar-refractivity contribution in [3.05, 3.63) is 17.7 Å². The molecule has 3 aliphatic rings. The molecule has 146 valence electrons. The molecule has 27 heavy (non-hydrogen) atoms. The molecule has 1 aliphatic carbocycles. The molecular formula is C20H25NO4S2. The maximum absolute atomic E-state index is 12.9. The number of thiocarbonyl (C=S) groups is 1. The van der Waals surface area contributed by atoms with E-state index in [2.05, 4.69) is 0 Å². The lowest BCUT2D eigenvalue weighted by molar-refractivity contribution is -0.126. The van der Waals surface area contributed by atoms with E-state index in [1.807, 2.05) is 17.0 Å². The van der Waals surface area contributed by atoms with Gasteiger partial charge in [0.05, 0.1) is 12.4 Å². The van der Waals surface area contributed by atoms with Crippen LogP contribution in [0.2, 0.25) is 0 Å². The molecule has 1 saturated carbocycles. The highest BCUT2D eigenvalue weighted by molar-refractivity contribution is 8.24. The fourth-order valence-corrected chi connectivity index (χ4v) is 5.70. The summed E-state index contributed by atoms with van der Waals surface area (Å²) < 4.78 is 17.1. The molecule has 0 aromatic heterocycles. The molecule has 0 bridgehead atoms. The van der Waals surface area contributed by atoms with Crippen LogP contribution in [0.25, 0.3) is 0 Å². The molecule has 1 aromatic carbocycles. The average molecular weight is 408 g/mol. The van der Waals surface area contributed by atoms with Crippen LogP contribution in [-0.4, -0.2) is 40.8 Å². The highest BCUT2D eigenvalue weighted by Crippen LogP contribution is 2.40. The lowest BCUT2D eigenvalue weighted by atomic mass is 9.87. The first-order chi connectivity index (χ1) is 13.2. The normalized spacial score (nSPS) is 22.6. The Balaban J connectivity index is 1.41. The fourth-order valence-electron chi connectivity index (χ4n) is 4.13. The summed E-state index contributed by atoms with van der Waals surface area (Å²) in [5, 5.41) is -0.196. The quantitative estimate of drug-likeness (QED) is 0.660. The summed E-state index contributed by atoms with van der Waals surface area (Å²) in [5.74, 6) is 2.98. The van der Waals surface area contributed by atoms with E-state index in [1.165, 1.54) is 43.9 Å². The summed E-state index contributed by atoms with van der Waals surface area (Å²) in [6.07, 6.45) is 8.22. The highest BCUT2D eigenvalue weighted by atomic mass is 32.2. The minimum Gasteiger partial charge on any atom is -0.496 e. The lowest BCUT2D eigenvalue weighted by Crippen LogP contribution is -2.34. The second-order valence-corrected chi connectivity index (χ2v) is 9.21. The van der Waals surface area contributed by atoms with Crippen LogP contribution in [0.4, 0.5) is 0 Å². The molecule has 2 aliphatic heterocycles. The van der Waals surface area contributed by atoms with Gasteiger partial charge in [0.15, 0.2) is 11.5 Å². The van der Waals surface area contributed by atoms with Crippen LogP contribution in [0.3, 0.4) is 0 Å². The number of ether oxygens (including phenoxy) is 3. The van der Waals surface area contributed by atoms with Crippen molar-refractivity contribution in [3.8, 4) is 17.2 Å². The Morgan fingerprint density at radius 2 is 1.96 bits per heavy atom. The van der Waals surface area contributed by atoms with Crippen LogP contribution in [0.5, 0.6) is 17.2 Å². The molecule has 2 fully saturated rings. The topological polar surface area (TPSA) is 48.0 Å². The van der Waals surface area contributed by atoms with E-state index < -0.39 is 0 Å². The SMILES string of the molecule is COc1cc2c(cc1C[C@@H]1SC(=S)N(CCC3CCCCC3)C1=O)OCO2. The second kappa shape index (κ2) is 8.27. The van der Waals surface area contributed by atoms with Crippen LogP contribution in [0, 0.1) is 5.92 Å². The number of fused-ring (bicyclic) bond motifs is 1. The smallest absolute Gasteiger partial charge is 0.241 e. The minimum atomic E-state index is -0.196. The van der Waals surface area contributed by atoms with Crippen LogP contribution in [0.15, 0.2) is 12.1 Å². The van der Waals surface area contributed by atoms with E-state index in [4.69, 9.17) is 26.4 Å². The Morgan fingerprint density at radius 3 is 2.70 bits per heavy atom. The summed E-state index contributed by atoms with van der Waals surface area (Å²) >= 11 is 7.01. The third-order valence-electron chi connectivity index (χ3n) is 5.67. The van der Waals surface area contributed by atoms with Gasteiger partial charge in [-0.2, -0.15) is 0 Å². The highest BCUT2D eigenvalue weighted by Gasteiger charge is 2.37. The lowest BCUT2D eigenvalue weighted by Gasteiger charge is -2.24. The predicted molar refractivity (Wildman–Crippen MR) is 110 cm³/mol. The van der Waals surface area contributed by atoms with Gasteiger partial charge in [-0.15, -0.1) is 0 Å². The summed E-state index contributed by atoms with van der Waals surface area (Å²) in [7, 11) is 1.63. The summed E-state index contributed by atoms with van der Waals surface area (Å²) in [4.78, 5) is 14.8. The van der Waals surface area contributed by atoms with Crippen molar-refractivity contribution >= 4 is 34.2 Å². The number of nitrogens with zero attached hydrogens (tertiary/aromatic N) is 1. The number of hydrogen-bond acceptors (Lipinski definition) is 6. The molecule has 0 radical (unpaired) electrons. The van der Waals surface area contributed by atoms with Gasteiger partial charge in [-0.05, 0) is 30.4 Å².